The number of sulfonamides is 1. The average molecular weight is 482 g/mol. The summed E-state index contributed by atoms with van der Waals surface area (Å²) in [5, 5.41) is 4.89. The smallest absolute Gasteiger partial charge is 0.417 e. The zero-order valence-corrected chi connectivity index (χ0v) is 17.7. The number of H-pyrrole nitrogens is 1. The van der Waals surface area contributed by atoms with Crippen LogP contribution in [0.25, 0.3) is 22.2 Å². The number of imidazole rings is 1. The first kappa shape index (κ1) is 22.1. The Balaban J connectivity index is 1.60. The third-order valence-corrected chi connectivity index (χ3v) is 5.95. The largest absolute Gasteiger partial charge is 0.486 e. The van der Waals surface area contributed by atoms with Crippen molar-refractivity contribution < 1.29 is 26.3 Å². The number of nitrogens with one attached hydrogen (secondary N) is 1. The molecule has 0 saturated heterocycles. The molecule has 4 aromatic rings. The fourth-order valence-corrected chi connectivity index (χ4v) is 4.20. The number of aromatic amines is 1. The van der Waals surface area contributed by atoms with Crippen LogP contribution in [0.3, 0.4) is 0 Å². The van der Waals surface area contributed by atoms with Crippen molar-refractivity contribution in [2.45, 2.75) is 17.7 Å². The fourth-order valence-electron chi connectivity index (χ4n) is 3.21. The van der Waals surface area contributed by atoms with Crippen LogP contribution in [0.5, 0.6) is 5.75 Å². The van der Waals surface area contributed by atoms with E-state index in [1.54, 1.807) is 36.4 Å². The van der Waals surface area contributed by atoms with Crippen LogP contribution in [-0.4, -0.2) is 18.4 Å². The van der Waals surface area contributed by atoms with Crippen LogP contribution in [0, 0.1) is 0 Å². The molecule has 11 heteroatoms. The van der Waals surface area contributed by atoms with Crippen LogP contribution in [0.15, 0.2) is 65.6 Å². The maximum atomic E-state index is 13.0. The van der Waals surface area contributed by atoms with Crippen molar-refractivity contribution in [1.29, 1.82) is 0 Å². The van der Waals surface area contributed by atoms with Crippen molar-refractivity contribution in [3.8, 4) is 16.9 Å². The van der Waals surface area contributed by atoms with E-state index in [0.717, 1.165) is 12.1 Å². The summed E-state index contributed by atoms with van der Waals surface area (Å²) in [6, 6.07) is 14.7. The van der Waals surface area contributed by atoms with Gasteiger partial charge in [-0.1, -0.05) is 35.9 Å². The van der Waals surface area contributed by atoms with Gasteiger partial charge in [-0.3, -0.25) is 0 Å². The number of benzene rings is 3. The molecule has 166 valence electrons. The molecule has 0 bridgehead atoms. The third kappa shape index (κ3) is 4.57. The second-order valence-corrected chi connectivity index (χ2v) is 8.82. The number of hydrogen-bond donors (Lipinski definition) is 2. The predicted octanol–water partition coefficient (Wildman–Crippen LogP) is 5.13. The standard InChI is InChI=1S/C21H15ClF3N3O3S/c22-16-7-6-13(10-15(16)21(23,24)25)31-11-20-27-17-8-5-12(9-18(17)28-20)14-3-1-2-4-19(14)32(26,29)30/h1-10H,11H2,(H,27,28)(H2,26,29,30). The van der Waals surface area contributed by atoms with Crippen molar-refractivity contribution in [3.63, 3.8) is 0 Å². The van der Waals surface area contributed by atoms with Gasteiger partial charge in [0.2, 0.25) is 10.0 Å². The minimum atomic E-state index is -4.60. The summed E-state index contributed by atoms with van der Waals surface area (Å²) in [5.41, 5.74) is 1.21. The maximum absolute atomic E-state index is 13.0. The third-order valence-electron chi connectivity index (χ3n) is 4.66. The molecule has 0 amide bonds. The van der Waals surface area contributed by atoms with Gasteiger partial charge in [-0.05, 0) is 42.0 Å². The average Bonchev–Trinajstić information content (AvgIpc) is 3.14. The number of primary sulfonamides is 1. The van der Waals surface area contributed by atoms with E-state index in [-0.39, 0.29) is 17.3 Å². The van der Waals surface area contributed by atoms with Gasteiger partial charge in [-0.15, -0.1) is 0 Å². The number of ether oxygens (including phenoxy) is 1. The lowest BCUT2D eigenvalue weighted by molar-refractivity contribution is -0.137. The Labute approximate surface area is 185 Å². The first-order valence-electron chi connectivity index (χ1n) is 9.13. The summed E-state index contributed by atoms with van der Waals surface area (Å²) in [7, 11) is -3.92. The van der Waals surface area contributed by atoms with Crippen molar-refractivity contribution in [1.82, 2.24) is 9.97 Å². The maximum Gasteiger partial charge on any atom is 0.417 e. The van der Waals surface area contributed by atoms with Gasteiger partial charge in [0.1, 0.15) is 18.2 Å². The first-order valence-corrected chi connectivity index (χ1v) is 11.1. The normalized spacial score (nSPS) is 12.3. The van der Waals surface area contributed by atoms with Gasteiger partial charge in [-0.25, -0.2) is 18.5 Å². The summed E-state index contributed by atoms with van der Waals surface area (Å²) in [4.78, 5) is 7.39. The highest BCUT2D eigenvalue weighted by atomic mass is 35.5. The number of nitrogens with two attached hydrogens (primary N) is 1. The molecule has 1 heterocycles. The van der Waals surface area contributed by atoms with Gasteiger partial charge >= 0.3 is 6.18 Å². The molecule has 0 fully saturated rings. The molecule has 0 atom stereocenters. The van der Waals surface area contributed by atoms with E-state index in [0.29, 0.717) is 28.0 Å². The molecule has 0 aliphatic rings. The van der Waals surface area contributed by atoms with Crippen LogP contribution in [0.1, 0.15) is 11.4 Å². The van der Waals surface area contributed by atoms with Gasteiger partial charge in [-0.2, -0.15) is 13.2 Å². The van der Waals surface area contributed by atoms with Crippen LogP contribution in [0.4, 0.5) is 13.2 Å². The molecule has 3 aromatic carbocycles. The number of aromatic nitrogens is 2. The highest BCUT2D eigenvalue weighted by Crippen LogP contribution is 2.37. The SMILES string of the molecule is NS(=O)(=O)c1ccccc1-c1ccc2[nH]c(COc3ccc(Cl)c(C(F)(F)F)c3)nc2c1. The van der Waals surface area contributed by atoms with Crippen LogP contribution in [0.2, 0.25) is 5.02 Å². The van der Waals surface area contributed by atoms with E-state index in [2.05, 4.69) is 9.97 Å². The molecule has 4 rings (SSSR count). The van der Waals surface area contributed by atoms with Crippen molar-refractivity contribution in [2.75, 3.05) is 0 Å². The van der Waals surface area contributed by atoms with Crippen LogP contribution >= 0.6 is 11.6 Å². The number of halogens is 4. The summed E-state index contributed by atoms with van der Waals surface area (Å²) in [5.74, 6) is 0.366. The van der Waals surface area contributed by atoms with Crippen LogP contribution < -0.4 is 9.88 Å². The van der Waals surface area contributed by atoms with Gasteiger partial charge in [0.05, 0.1) is 26.5 Å². The van der Waals surface area contributed by atoms with E-state index in [1.807, 2.05) is 0 Å². The Hall–Kier alpha value is -3.08. The Morgan fingerprint density at radius 3 is 2.53 bits per heavy atom. The Bertz CT molecular complexity index is 1420. The molecule has 0 radical (unpaired) electrons. The number of nitrogens with zero attached hydrogens (tertiary/aromatic N) is 1. The summed E-state index contributed by atoms with van der Waals surface area (Å²) >= 11 is 5.62. The molecule has 0 unspecified atom stereocenters. The van der Waals surface area contributed by atoms with Crippen LogP contribution in [-0.2, 0) is 22.8 Å². The van der Waals surface area contributed by atoms with E-state index in [9.17, 15) is 21.6 Å². The lowest BCUT2D eigenvalue weighted by atomic mass is 10.1. The molecule has 3 N–H and O–H groups in total. The van der Waals surface area contributed by atoms with Crippen molar-refractivity contribution >= 4 is 32.7 Å². The Kier molecular flexibility index (Phi) is 5.61. The minimum Gasteiger partial charge on any atom is -0.486 e. The highest BCUT2D eigenvalue weighted by molar-refractivity contribution is 7.89. The molecule has 6 nitrogen and oxygen atoms in total. The molecule has 0 aliphatic carbocycles. The molecule has 0 aliphatic heterocycles. The molecular weight excluding hydrogens is 467 g/mol. The summed E-state index contributed by atoms with van der Waals surface area (Å²) < 4.78 is 68.2. The Morgan fingerprint density at radius 1 is 1.06 bits per heavy atom. The molecule has 0 saturated carbocycles. The fraction of sp³-hybridized carbons (Fsp3) is 0.0952. The highest BCUT2D eigenvalue weighted by Gasteiger charge is 2.33. The lowest BCUT2D eigenvalue weighted by Gasteiger charge is -2.11. The monoisotopic (exact) mass is 481 g/mol. The molecule has 0 spiro atoms. The second-order valence-electron chi connectivity index (χ2n) is 6.88. The van der Waals surface area contributed by atoms with Gasteiger partial charge in [0, 0.05) is 5.56 Å². The number of rotatable bonds is 5. The quantitative estimate of drug-likeness (QED) is 0.413. The van der Waals surface area contributed by atoms with Gasteiger partial charge in [0.15, 0.2) is 0 Å². The topological polar surface area (TPSA) is 98.1 Å². The predicted molar refractivity (Wildman–Crippen MR) is 114 cm³/mol. The summed E-state index contributed by atoms with van der Waals surface area (Å²) in [6.45, 7) is -0.114. The van der Waals surface area contributed by atoms with Crippen molar-refractivity contribution in [3.05, 3.63) is 77.1 Å². The molecule has 1 aromatic heterocycles. The lowest BCUT2D eigenvalue weighted by Crippen LogP contribution is -2.13. The van der Waals surface area contributed by atoms with E-state index in [1.165, 1.54) is 12.1 Å². The minimum absolute atomic E-state index is 0.00931. The van der Waals surface area contributed by atoms with Gasteiger partial charge in [0.25, 0.3) is 0 Å². The zero-order valence-electron chi connectivity index (χ0n) is 16.2. The molecule has 32 heavy (non-hydrogen) atoms. The molecular formula is C21H15ClF3N3O3S. The van der Waals surface area contributed by atoms with E-state index >= 15 is 0 Å². The number of fused-ring (bicyclic) bond motifs is 1. The zero-order chi connectivity index (χ0) is 23.1. The summed E-state index contributed by atoms with van der Waals surface area (Å²) in [6.07, 6.45) is -4.60. The van der Waals surface area contributed by atoms with E-state index < -0.39 is 26.8 Å². The first-order chi connectivity index (χ1) is 15.0. The van der Waals surface area contributed by atoms with Crippen molar-refractivity contribution in [2.24, 2.45) is 5.14 Å². The Morgan fingerprint density at radius 2 is 1.81 bits per heavy atom. The number of hydrogen-bond acceptors (Lipinski definition) is 4. The van der Waals surface area contributed by atoms with Gasteiger partial charge < -0.3 is 9.72 Å². The van der Waals surface area contributed by atoms with E-state index in [4.69, 9.17) is 21.5 Å². The number of alkyl halides is 3. The second kappa shape index (κ2) is 8.12.